The lowest BCUT2D eigenvalue weighted by Gasteiger charge is -2.37. The molecule has 0 aliphatic heterocycles. The van der Waals surface area contributed by atoms with Gasteiger partial charge in [-0.15, -0.1) is 0 Å². The Bertz CT molecular complexity index is 3070. The summed E-state index contributed by atoms with van der Waals surface area (Å²) in [5.74, 6) is 0.450. The number of nitrogens with zero attached hydrogens (tertiary/aromatic N) is 1. The highest BCUT2D eigenvalue weighted by molar-refractivity contribution is 5.90. The van der Waals surface area contributed by atoms with Crippen LogP contribution in [0.15, 0.2) is 205 Å². The average Bonchev–Trinajstić information content (AvgIpc) is 3.77. The first-order chi connectivity index (χ1) is 31.5. The lowest BCUT2D eigenvalue weighted by molar-refractivity contribution is 0.352. The standard InChI is InChI=1S/C63H57N/c1-4-46(55-31-20-32-57-56-30-15-16-33-58(56)62(61(55)57)39-18-7-19-40-62)23-21-41-64(51-37-38-54-48(43-51)36-35-47-22-12-13-29-53(47)54)44(2)42-60-45(3)52-28-14-17-34-59(52)63(60,49-24-8-5-9-25-49)50-26-10-6-11-27-50/h4-6,8-17,20-34,36-38,42-43,47H,7,18-19,35,39-41H2,1-3H3/b23-21-,44-42+,46-4+. The van der Waals surface area contributed by atoms with E-state index in [0.29, 0.717) is 5.92 Å². The largest absolute Gasteiger partial charge is 0.342 e. The summed E-state index contributed by atoms with van der Waals surface area (Å²) in [7, 11) is 0. The van der Waals surface area contributed by atoms with Crippen molar-refractivity contribution >= 4 is 28.5 Å². The van der Waals surface area contributed by atoms with E-state index >= 15 is 0 Å². The van der Waals surface area contributed by atoms with Gasteiger partial charge in [-0.05, 0) is 141 Å². The zero-order valence-electron chi connectivity index (χ0n) is 37.5. The molecule has 314 valence electrons. The number of rotatable bonds is 9. The Morgan fingerprint density at radius 2 is 1.39 bits per heavy atom. The fraction of sp³-hybridized carbons (Fsp3) is 0.206. The molecule has 1 atom stereocenters. The van der Waals surface area contributed by atoms with Crippen LogP contribution in [0.1, 0.15) is 98.2 Å². The van der Waals surface area contributed by atoms with Crippen LogP contribution in [0.25, 0.3) is 33.9 Å². The minimum atomic E-state index is -0.472. The summed E-state index contributed by atoms with van der Waals surface area (Å²) in [4.78, 5) is 2.54. The SMILES string of the molecule is C/C=C(\C=C/CN(/C(C)=C/C1=C(C)c2ccccc2C1(c1ccccc1)c1ccccc1)c1ccc2c(c1)=CCC1C=CC=CC=21)c1cccc2c1C1(CCCCC1)c1ccccc1-2. The second-order valence-electron chi connectivity index (χ2n) is 18.5. The molecule has 5 aliphatic carbocycles. The fourth-order valence-corrected chi connectivity index (χ4v) is 12.4. The Morgan fingerprint density at radius 3 is 2.14 bits per heavy atom. The monoisotopic (exact) mass is 827 g/mol. The molecule has 1 nitrogen and oxygen atoms in total. The van der Waals surface area contributed by atoms with Crippen LogP contribution in [-0.4, -0.2) is 6.54 Å². The van der Waals surface area contributed by atoms with Crippen LogP contribution >= 0.6 is 0 Å². The second-order valence-corrected chi connectivity index (χ2v) is 18.5. The third-order valence-corrected chi connectivity index (χ3v) is 15.3. The minimum Gasteiger partial charge on any atom is -0.342 e. The summed E-state index contributed by atoms with van der Waals surface area (Å²) in [5.41, 5.74) is 20.0. The molecular formula is C63H57N. The van der Waals surface area contributed by atoms with Crippen molar-refractivity contribution in [3.63, 3.8) is 0 Å². The molecule has 0 bridgehead atoms. The predicted octanol–water partition coefficient (Wildman–Crippen LogP) is 14.2. The normalized spacial score (nSPS) is 19.0. The van der Waals surface area contributed by atoms with Crippen LogP contribution in [0.3, 0.4) is 0 Å². The van der Waals surface area contributed by atoms with Crippen molar-refractivity contribution in [1.29, 1.82) is 0 Å². The van der Waals surface area contributed by atoms with Gasteiger partial charge in [-0.3, -0.25) is 0 Å². The molecule has 11 rings (SSSR count). The zero-order valence-corrected chi connectivity index (χ0v) is 37.5. The predicted molar refractivity (Wildman–Crippen MR) is 271 cm³/mol. The van der Waals surface area contributed by atoms with Crippen molar-refractivity contribution in [2.75, 3.05) is 11.4 Å². The first-order valence-corrected chi connectivity index (χ1v) is 23.7. The Labute approximate surface area is 380 Å². The van der Waals surface area contributed by atoms with Crippen molar-refractivity contribution in [1.82, 2.24) is 0 Å². The molecule has 6 aromatic rings. The van der Waals surface area contributed by atoms with Crippen LogP contribution in [0, 0.1) is 5.92 Å². The van der Waals surface area contributed by atoms with Crippen molar-refractivity contribution in [2.45, 2.75) is 70.1 Å². The molecule has 1 saturated carbocycles. The van der Waals surface area contributed by atoms with Crippen LogP contribution < -0.4 is 15.3 Å². The zero-order chi connectivity index (χ0) is 43.3. The highest BCUT2D eigenvalue weighted by Gasteiger charge is 2.47. The summed E-state index contributed by atoms with van der Waals surface area (Å²) in [6, 6.07) is 54.9. The van der Waals surface area contributed by atoms with E-state index in [2.05, 4.69) is 226 Å². The third-order valence-electron chi connectivity index (χ3n) is 15.3. The highest BCUT2D eigenvalue weighted by Crippen LogP contribution is 2.58. The summed E-state index contributed by atoms with van der Waals surface area (Å²) >= 11 is 0. The molecule has 0 amide bonds. The van der Waals surface area contributed by atoms with Gasteiger partial charge in [0.2, 0.25) is 0 Å². The van der Waals surface area contributed by atoms with Gasteiger partial charge in [-0.2, -0.15) is 0 Å². The van der Waals surface area contributed by atoms with E-state index in [0.717, 1.165) is 13.0 Å². The van der Waals surface area contributed by atoms with Crippen molar-refractivity contribution in [3.05, 3.63) is 255 Å². The van der Waals surface area contributed by atoms with E-state index < -0.39 is 5.41 Å². The maximum absolute atomic E-state index is 2.54. The van der Waals surface area contributed by atoms with E-state index in [9.17, 15) is 0 Å². The Morgan fingerprint density at radius 1 is 0.703 bits per heavy atom. The van der Waals surface area contributed by atoms with Crippen molar-refractivity contribution in [2.24, 2.45) is 5.92 Å². The molecule has 0 N–H and O–H groups in total. The lowest BCUT2D eigenvalue weighted by atomic mass is 9.66. The topological polar surface area (TPSA) is 3.24 Å². The molecule has 1 spiro atoms. The molecule has 64 heavy (non-hydrogen) atoms. The highest BCUT2D eigenvalue weighted by atomic mass is 15.1. The van der Waals surface area contributed by atoms with Gasteiger partial charge in [-0.25, -0.2) is 0 Å². The number of allylic oxidation sites excluding steroid dienone is 11. The molecule has 1 heteroatoms. The van der Waals surface area contributed by atoms with Crippen LogP contribution in [0.4, 0.5) is 5.69 Å². The average molecular weight is 828 g/mol. The number of anilines is 1. The molecular weight excluding hydrogens is 771 g/mol. The van der Waals surface area contributed by atoms with E-state index in [1.807, 2.05) is 0 Å². The number of benzene rings is 6. The number of fused-ring (bicyclic) bond motifs is 8. The molecule has 0 saturated heterocycles. The fourth-order valence-electron chi connectivity index (χ4n) is 12.4. The van der Waals surface area contributed by atoms with Gasteiger partial charge in [0.15, 0.2) is 0 Å². The Balaban J connectivity index is 1.04. The molecule has 0 radical (unpaired) electrons. The van der Waals surface area contributed by atoms with Crippen LogP contribution in [-0.2, 0) is 10.8 Å². The molecule has 0 heterocycles. The Kier molecular flexibility index (Phi) is 10.3. The molecule has 6 aromatic carbocycles. The van der Waals surface area contributed by atoms with Gasteiger partial charge in [0.05, 0.1) is 5.41 Å². The summed E-state index contributed by atoms with van der Waals surface area (Å²) < 4.78 is 0. The maximum atomic E-state index is 2.54. The van der Waals surface area contributed by atoms with E-state index in [-0.39, 0.29) is 5.41 Å². The first-order valence-electron chi connectivity index (χ1n) is 23.7. The van der Waals surface area contributed by atoms with Gasteiger partial charge in [0.25, 0.3) is 0 Å². The minimum absolute atomic E-state index is 0.0860. The molecule has 1 fully saturated rings. The number of hydrogen-bond acceptors (Lipinski definition) is 1. The summed E-state index contributed by atoms with van der Waals surface area (Å²) in [6.07, 6.45) is 28.5. The third kappa shape index (κ3) is 6.35. The smallest absolute Gasteiger partial charge is 0.0710 e. The van der Waals surface area contributed by atoms with E-state index in [1.54, 1.807) is 5.56 Å². The van der Waals surface area contributed by atoms with Crippen LogP contribution in [0.2, 0.25) is 0 Å². The molecule has 5 aliphatic rings. The van der Waals surface area contributed by atoms with Gasteiger partial charge >= 0.3 is 0 Å². The van der Waals surface area contributed by atoms with Gasteiger partial charge < -0.3 is 4.90 Å². The van der Waals surface area contributed by atoms with Gasteiger partial charge in [0.1, 0.15) is 0 Å². The maximum Gasteiger partial charge on any atom is 0.0710 e. The first kappa shape index (κ1) is 40.1. The van der Waals surface area contributed by atoms with Gasteiger partial charge in [-0.1, -0.05) is 201 Å². The molecule has 1 unspecified atom stereocenters. The second kappa shape index (κ2) is 16.5. The van der Waals surface area contributed by atoms with E-state index in [1.165, 1.54) is 121 Å². The van der Waals surface area contributed by atoms with Gasteiger partial charge in [0, 0.05) is 29.3 Å². The Hall–Kier alpha value is -6.70. The lowest BCUT2D eigenvalue weighted by Crippen LogP contribution is -2.34. The van der Waals surface area contributed by atoms with E-state index in [4.69, 9.17) is 0 Å². The van der Waals surface area contributed by atoms with Crippen LogP contribution in [0.5, 0.6) is 0 Å². The molecule has 0 aromatic heterocycles. The summed E-state index contributed by atoms with van der Waals surface area (Å²) in [5, 5.41) is 2.67. The van der Waals surface area contributed by atoms with Crippen molar-refractivity contribution < 1.29 is 0 Å². The summed E-state index contributed by atoms with van der Waals surface area (Å²) in [6.45, 7) is 7.60. The number of hydrogen-bond donors (Lipinski definition) is 0. The quantitative estimate of drug-likeness (QED) is 0.131. The van der Waals surface area contributed by atoms with Crippen molar-refractivity contribution in [3.8, 4) is 11.1 Å².